The van der Waals surface area contributed by atoms with Crippen LogP contribution in [0.5, 0.6) is 0 Å². The summed E-state index contributed by atoms with van der Waals surface area (Å²) in [6, 6.07) is -0.766. The maximum Gasteiger partial charge on any atom is 0.408 e. The highest BCUT2D eigenvalue weighted by Crippen LogP contribution is 2.11. The summed E-state index contributed by atoms with van der Waals surface area (Å²) in [4.78, 5) is 43.2. The van der Waals surface area contributed by atoms with Crippen LogP contribution in [0, 0.1) is 10.1 Å². The highest BCUT2D eigenvalue weighted by atomic mass is 16.7. The van der Waals surface area contributed by atoms with Crippen molar-refractivity contribution in [1.82, 2.24) is 20.5 Å². The van der Waals surface area contributed by atoms with Crippen molar-refractivity contribution in [2.24, 2.45) is 10.7 Å². The van der Waals surface area contributed by atoms with E-state index in [1.165, 1.54) is 0 Å². The Morgan fingerprint density at radius 1 is 1.28 bits per heavy atom. The lowest BCUT2D eigenvalue weighted by molar-refractivity contribution is -0.525. The normalized spacial score (nSPS) is 16.8. The molecule has 0 aliphatic carbocycles. The highest BCUT2D eigenvalue weighted by Gasteiger charge is 2.29. The van der Waals surface area contributed by atoms with Gasteiger partial charge in [-0.15, -0.1) is 0 Å². The molecule has 1 aliphatic heterocycles. The monoisotopic (exact) mass is 415 g/mol. The smallest absolute Gasteiger partial charge is 0.408 e. The van der Waals surface area contributed by atoms with E-state index in [0.29, 0.717) is 25.9 Å². The number of nitrogens with zero attached hydrogens (tertiary/aromatic N) is 4. The molecule has 0 aromatic heterocycles. The fraction of sp³-hybridized carbons (Fsp3) is 0.824. The number of ether oxygens (including phenoxy) is 1. The van der Waals surface area contributed by atoms with E-state index in [-0.39, 0.29) is 18.4 Å². The molecule has 29 heavy (non-hydrogen) atoms. The SMILES string of the molecule is CCN1CCN(C(=O)[C@H](CCCN=C(N)N[N+](=O)[O-])NC(=O)OC(C)(C)C)CC1. The first-order valence-electron chi connectivity index (χ1n) is 9.73. The van der Waals surface area contributed by atoms with Crippen molar-refractivity contribution in [3.8, 4) is 0 Å². The van der Waals surface area contributed by atoms with Crippen LogP contribution < -0.4 is 16.5 Å². The molecule has 1 heterocycles. The Kier molecular flexibility index (Phi) is 9.59. The van der Waals surface area contributed by atoms with Crippen molar-refractivity contribution in [2.75, 3.05) is 39.3 Å². The van der Waals surface area contributed by atoms with Gasteiger partial charge in [0.25, 0.3) is 5.96 Å². The van der Waals surface area contributed by atoms with Crippen molar-refractivity contribution in [3.05, 3.63) is 10.1 Å². The predicted octanol–water partition coefficient (Wildman–Crippen LogP) is -0.0800. The minimum absolute atomic E-state index is 0.174. The number of hydrogen-bond acceptors (Lipinski definition) is 7. The number of aliphatic imine (C=N–C) groups is 1. The molecule has 0 bridgehead atoms. The number of rotatable bonds is 8. The lowest BCUT2D eigenvalue weighted by Gasteiger charge is -2.36. The molecular weight excluding hydrogens is 382 g/mol. The number of piperazine rings is 1. The van der Waals surface area contributed by atoms with Gasteiger partial charge in [0.1, 0.15) is 11.6 Å². The number of carbonyl (C=O) groups excluding carboxylic acids is 2. The molecule has 1 atom stereocenters. The van der Waals surface area contributed by atoms with Crippen molar-refractivity contribution >= 4 is 18.0 Å². The number of nitrogens with two attached hydrogens (primary N) is 1. The second-order valence-electron chi connectivity index (χ2n) is 7.74. The topological polar surface area (TPSA) is 155 Å². The summed E-state index contributed by atoms with van der Waals surface area (Å²) in [5, 5.41) is 12.2. The molecule has 1 rings (SSSR count). The third kappa shape index (κ3) is 9.92. The Morgan fingerprint density at radius 3 is 2.41 bits per heavy atom. The van der Waals surface area contributed by atoms with Gasteiger partial charge in [-0.05, 0) is 40.2 Å². The molecule has 12 heteroatoms. The van der Waals surface area contributed by atoms with E-state index in [9.17, 15) is 19.7 Å². The highest BCUT2D eigenvalue weighted by molar-refractivity contribution is 5.85. The van der Waals surface area contributed by atoms with Crippen LogP contribution in [0.15, 0.2) is 4.99 Å². The molecule has 0 spiro atoms. The average Bonchev–Trinajstić information content (AvgIpc) is 2.61. The van der Waals surface area contributed by atoms with Gasteiger partial charge < -0.3 is 25.6 Å². The summed E-state index contributed by atoms with van der Waals surface area (Å²) in [6.07, 6.45) is 0.0452. The lowest BCUT2D eigenvalue weighted by Crippen LogP contribution is -2.55. The maximum atomic E-state index is 12.9. The zero-order chi connectivity index (χ0) is 22.0. The van der Waals surface area contributed by atoms with Gasteiger partial charge >= 0.3 is 6.09 Å². The summed E-state index contributed by atoms with van der Waals surface area (Å²) in [6.45, 7) is 11.2. The van der Waals surface area contributed by atoms with E-state index in [1.54, 1.807) is 31.1 Å². The molecule has 12 nitrogen and oxygen atoms in total. The number of alkyl carbamates (subject to hydrolysis) is 1. The standard InChI is InChI=1S/C17H33N7O5/c1-5-22-9-11-23(12-10-22)14(25)13(20-16(26)29-17(2,3)4)7-6-8-19-15(18)21-24(27)28/h13H,5-12H2,1-4H3,(H,20,26)(H3,18,19,21)/t13-/m0/s1. The molecule has 0 aromatic carbocycles. The van der Waals surface area contributed by atoms with Crippen LogP contribution in [-0.4, -0.2) is 83.7 Å². The average molecular weight is 415 g/mol. The van der Waals surface area contributed by atoms with Crippen LogP contribution in [0.2, 0.25) is 0 Å². The number of carbonyl (C=O) groups is 2. The van der Waals surface area contributed by atoms with Crippen molar-refractivity contribution in [1.29, 1.82) is 0 Å². The number of hydrazine groups is 1. The van der Waals surface area contributed by atoms with E-state index >= 15 is 0 Å². The summed E-state index contributed by atoms with van der Waals surface area (Å²) in [5.74, 6) is -0.486. The largest absolute Gasteiger partial charge is 0.444 e. The first-order valence-corrected chi connectivity index (χ1v) is 9.73. The zero-order valence-electron chi connectivity index (χ0n) is 17.6. The first kappa shape index (κ1) is 24.4. The molecule has 0 aromatic rings. The Morgan fingerprint density at radius 2 is 1.90 bits per heavy atom. The number of likely N-dealkylation sites (N-methyl/N-ethyl adjacent to an activating group) is 1. The van der Waals surface area contributed by atoms with Crippen LogP contribution in [0.1, 0.15) is 40.5 Å². The minimum atomic E-state index is -0.800. The van der Waals surface area contributed by atoms with Crippen LogP contribution in [-0.2, 0) is 9.53 Å². The number of amides is 2. The van der Waals surface area contributed by atoms with E-state index in [2.05, 4.69) is 22.1 Å². The van der Waals surface area contributed by atoms with Crippen molar-refractivity contribution < 1.29 is 19.4 Å². The molecule has 1 saturated heterocycles. The number of nitrogens with one attached hydrogen (secondary N) is 2. The molecule has 0 saturated carbocycles. The molecular formula is C17H33N7O5. The lowest BCUT2D eigenvalue weighted by atomic mass is 10.1. The van der Waals surface area contributed by atoms with Crippen molar-refractivity contribution in [3.63, 3.8) is 0 Å². The summed E-state index contributed by atoms with van der Waals surface area (Å²) < 4.78 is 5.27. The third-order valence-corrected chi connectivity index (χ3v) is 4.26. The van der Waals surface area contributed by atoms with Gasteiger partial charge in [-0.25, -0.2) is 19.9 Å². The summed E-state index contributed by atoms with van der Waals surface area (Å²) in [7, 11) is 0. The number of hydrogen-bond donors (Lipinski definition) is 3. The molecule has 0 unspecified atom stereocenters. The Balaban J connectivity index is 2.69. The minimum Gasteiger partial charge on any atom is -0.444 e. The van der Waals surface area contributed by atoms with Crippen LogP contribution in [0.3, 0.4) is 0 Å². The van der Waals surface area contributed by atoms with Gasteiger partial charge in [0.2, 0.25) is 5.91 Å². The van der Waals surface area contributed by atoms with E-state index in [0.717, 1.165) is 19.6 Å². The zero-order valence-corrected chi connectivity index (χ0v) is 17.6. The van der Waals surface area contributed by atoms with Crippen LogP contribution in [0.25, 0.3) is 0 Å². The van der Waals surface area contributed by atoms with E-state index in [1.807, 2.05) is 0 Å². The Bertz CT molecular complexity index is 597. The molecule has 166 valence electrons. The van der Waals surface area contributed by atoms with Gasteiger partial charge in [0.15, 0.2) is 5.03 Å². The first-order chi connectivity index (χ1) is 13.5. The van der Waals surface area contributed by atoms with Gasteiger partial charge in [0, 0.05) is 32.7 Å². The van der Waals surface area contributed by atoms with Gasteiger partial charge in [-0.3, -0.25) is 4.79 Å². The van der Waals surface area contributed by atoms with Crippen LogP contribution in [0.4, 0.5) is 4.79 Å². The van der Waals surface area contributed by atoms with E-state index < -0.39 is 22.8 Å². The Labute approximate surface area is 170 Å². The second kappa shape index (κ2) is 11.4. The van der Waals surface area contributed by atoms with E-state index in [4.69, 9.17) is 10.5 Å². The molecule has 0 radical (unpaired) electrons. The van der Waals surface area contributed by atoms with Gasteiger partial charge in [0.05, 0.1) is 0 Å². The molecule has 2 amide bonds. The molecule has 4 N–H and O–H groups in total. The summed E-state index contributed by atoms with van der Waals surface area (Å²) in [5.41, 5.74) is 6.44. The molecule has 1 aliphatic rings. The summed E-state index contributed by atoms with van der Waals surface area (Å²) >= 11 is 0. The second-order valence-corrected chi connectivity index (χ2v) is 7.74. The fourth-order valence-electron chi connectivity index (χ4n) is 2.84. The molecule has 1 fully saturated rings. The van der Waals surface area contributed by atoms with Gasteiger partial charge in [-0.2, -0.15) is 0 Å². The number of nitro groups is 1. The Hall–Kier alpha value is -2.63. The van der Waals surface area contributed by atoms with Gasteiger partial charge in [-0.1, -0.05) is 12.3 Å². The number of guanidine groups is 1. The maximum absolute atomic E-state index is 12.9. The quantitative estimate of drug-likeness (QED) is 0.163. The fourth-order valence-corrected chi connectivity index (χ4v) is 2.84. The third-order valence-electron chi connectivity index (χ3n) is 4.26. The predicted molar refractivity (Wildman–Crippen MR) is 108 cm³/mol. The van der Waals surface area contributed by atoms with Crippen molar-refractivity contribution in [2.45, 2.75) is 52.2 Å². The van der Waals surface area contributed by atoms with Crippen LogP contribution >= 0.6 is 0 Å².